The van der Waals surface area contributed by atoms with Crippen LogP contribution in [0.25, 0.3) is 0 Å². The number of anilines is 1. The minimum atomic E-state index is -1.02. The summed E-state index contributed by atoms with van der Waals surface area (Å²) < 4.78 is 0. The smallest absolute Gasteiger partial charge is 0.305 e. The number of aromatic hydroxyl groups is 1. The third-order valence-corrected chi connectivity index (χ3v) is 3.84. The van der Waals surface area contributed by atoms with Crippen LogP contribution in [0.15, 0.2) is 29.3 Å². The lowest BCUT2D eigenvalue weighted by Gasteiger charge is -2.18. The van der Waals surface area contributed by atoms with Crippen molar-refractivity contribution in [3.05, 3.63) is 24.3 Å². The largest absolute Gasteiger partial charge is 0.508 e. The monoisotopic (exact) mass is 280 g/mol. The fourth-order valence-corrected chi connectivity index (χ4v) is 2.64. The number of amidine groups is 1. The van der Waals surface area contributed by atoms with E-state index in [1.54, 1.807) is 24.1 Å². The van der Waals surface area contributed by atoms with Gasteiger partial charge in [0, 0.05) is 12.7 Å². The molecule has 0 aliphatic carbocycles. The molecule has 0 radical (unpaired) electrons. The van der Waals surface area contributed by atoms with Crippen LogP contribution in [-0.2, 0) is 9.59 Å². The van der Waals surface area contributed by atoms with Gasteiger partial charge in [-0.2, -0.15) is 4.99 Å². The number of hydrogen-bond donors (Lipinski definition) is 2. The van der Waals surface area contributed by atoms with E-state index in [0.717, 1.165) is 17.4 Å². The van der Waals surface area contributed by atoms with Crippen LogP contribution >= 0.6 is 11.8 Å². The Bertz CT molecular complexity index is 541. The molecule has 0 unspecified atom stereocenters. The molecule has 2 N–H and O–H groups in total. The molecule has 1 amide bonds. The number of aliphatic carboxylic acids is 1. The Labute approximate surface area is 113 Å². The Hall–Kier alpha value is -2.02. The molecule has 0 aromatic heterocycles. The van der Waals surface area contributed by atoms with Gasteiger partial charge in [-0.15, -0.1) is 0 Å². The second kappa shape index (κ2) is 5.31. The number of rotatable bonds is 3. The minimum absolute atomic E-state index is 0.151. The number of nitrogens with zero attached hydrogens (tertiary/aromatic N) is 2. The highest BCUT2D eigenvalue weighted by atomic mass is 32.2. The van der Waals surface area contributed by atoms with Gasteiger partial charge in [-0.3, -0.25) is 9.59 Å². The topological polar surface area (TPSA) is 90.2 Å². The van der Waals surface area contributed by atoms with Gasteiger partial charge in [0.25, 0.3) is 5.91 Å². The lowest BCUT2D eigenvalue weighted by molar-refractivity contribution is -0.138. The van der Waals surface area contributed by atoms with Crippen molar-refractivity contribution in [2.75, 3.05) is 11.9 Å². The number of carbonyl (C=O) groups excluding carboxylic acids is 1. The maximum atomic E-state index is 11.6. The van der Waals surface area contributed by atoms with Crippen LogP contribution in [-0.4, -0.2) is 39.6 Å². The molecule has 0 spiro atoms. The lowest BCUT2D eigenvalue weighted by atomic mass is 10.3. The van der Waals surface area contributed by atoms with Crippen molar-refractivity contribution in [1.29, 1.82) is 0 Å². The third-order valence-electron chi connectivity index (χ3n) is 2.61. The van der Waals surface area contributed by atoms with E-state index in [1.165, 1.54) is 12.1 Å². The summed E-state index contributed by atoms with van der Waals surface area (Å²) in [4.78, 5) is 27.7. The molecule has 1 aliphatic rings. The van der Waals surface area contributed by atoms with Crippen LogP contribution in [0.3, 0.4) is 0 Å². The Kier molecular flexibility index (Phi) is 3.75. The molecule has 0 bridgehead atoms. The predicted octanol–water partition coefficient (Wildman–Crippen LogP) is 1.30. The standard InChI is InChI=1S/C12H12N2O4S/c1-14(7-2-4-8(15)5-3-7)12-13-11(18)9(19-12)6-10(16)17/h2-5,9,15H,6H2,1H3,(H,16,17)/t9-/m1/s1. The molecule has 0 saturated carbocycles. The molecular weight excluding hydrogens is 268 g/mol. The van der Waals surface area contributed by atoms with Crippen LogP contribution in [0.2, 0.25) is 0 Å². The molecule has 19 heavy (non-hydrogen) atoms. The van der Waals surface area contributed by atoms with Crippen molar-refractivity contribution in [1.82, 2.24) is 0 Å². The van der Waals surface area contributed by atoms with Crippen molar-refractivity contribution in [2.45, 2.75) is 11.7 Å². The SMILES string of the molecule is CN(C1=NC(=O)[C@@H](CC(=O)O)S1)c1ccc(O)cc1. The fourth-order valence-electron chi connectivity index (χ4n) is 1.60. The number of carboxylic acid groups (broad SMARTS) is 1. The van der Waals surface area contributed by atoms with Gasteiger partial charge in [0.1, 0.15) is 11.0 Å². The quantitative estimate of drug-likeness (QED) is 0.867. The fraction of sp³-hybridized carbons (Fsp3) is 0.250. The second-order valence-electron chi connectivity index (χ2n) is 4.01. The van der Waals surface area contributed by atoms with Crippen LogP contribution in [0, 0.1) is 0 Å². The van der Waals surface area contributed by atoms with E-state index in [9.17, 15) is 14.7 Å². The first kappa shape index (κ1) is 13.4. The Morgan fingerprint density at radius 2 is 2.05 bits per heavy atom. The summed E-state index contributed by atoms with van der Waals surface area (Å²) in [5.74, 6) is -1.29. The predicted molar refractivity (Wildman–Crippen MR) is 72.6 cm³/mol. The van der Waals surface area contributed by atoms with E-state index in [2.05, 4.69) is 4.99 Å². The number of carbonyl (C=O) groups is 2. The zero-order chi connectivity index (χ0) is 14.0. The average molecular weight is 280 g/mol. The number of benzene rings is 1. The van der Waals surface area contributed by atoms with Gasteiger partial charge in [0.05, 0.1) is 6.42 Å². The van der Waals surface area contributed by atoms with Crippen LogP contribution in [0.4, 0.5) is 5.69 Å². The van der Waals surface area contributed by atoms with E-state index < -0.39 is 17.1 Å². The summed E-state index contributed by atoms with van der Waals surface area (Å²) in [5.41, 5.74) is 0.757. The summed E-state index contributed by atoms with van der Waals surface area (Å²) in [5, 5.41) is 17.7. The highest BCUT2D eigenvalue weighted by Gasteiger charge is 2.32. The van der Waals surface area contributed by atoms with Gasteiger partial charge in [0.15, 0.2) is 5.17 Å². The first-order chi connectivity index (χ1) is 8.97. The zero-order valence-corrected chi connectivity index (χ0v) is 10.9. The first-order valence-electron chi connectivity index (χ1n) is 5.51. The third kappa shape index (κ3) is 3.05. The molecule has 100 valence electrons. The molecule has 1 aromatic carbocycles. The molecule has 1 atom stereocenters. The summed E-state index contributed by atoms with van der Waals surface area (Å²) >= 11 is 1.14. The average Bonchev–Trinajstić information content (AvgIpc) is 2.70. The maximum Gasteiger partial charge on any atom is 0.305 e. The van der Waals surface area contributed by atoms with E-state index in [1.807, 2.05) is 0 Å². The first-order valence-corrected chi connectivity index (χ1v) is 6.39. The van der Waals surface area contributed by atoms with Gasteiger partial charge in [-0.05, 0) is 24.3 Å². The van der Waals surface area contributed by atoms with Crippen molar-refractivity contribution >= 4 is 34.5 Å². The number of carboxylic acids is 1. The molecule has 0 fully saturated rings. The van der Waals surface area contributed by atoms with E-state index >= 15 is 0 Å². The summed E-state index contributed by atoms with van der Waals surface area (Å²) in [7, 11) is 1.73. The highest BCUT2D eigenvalue weighted by Crippen LogP contribution is 2.29. The molecule has 0 saturated heterocycles. The second-order valence-corrected chi connectivity index (χ2v) is 5.18. The molecule has 1 aliphatic heterocycles. The summed E-state index contributed by atoms with van der Waals surface area (Å²) in [6.45, 7) is 0. The van der Waals surface area contributed by atoms with Crippen molar-refractivity contribution < 1.29 is 19.8 Å². The van der Waals surface area contributed by atoms with E-state index in [0.29, 0.717) is 5.17 Å². The lowest BCUT2D eigenvalue weighted by Crippen LogP contribution is -2.22. The molecule has 6 nitrogen and oxygen atoms in total. The van der Waals surface area contributed by atoms with Gasteiger partial charge < -0.3 is 15.1 Å². The number of phenolic OH excluding ortho intramolecular Hbond substituents is 1. The summed E-state index contributed by atoms with van der Waals surface area (Å²) in [6, 6.07) is 6.44. The molecule has 1 aromatic rings. The van der Waals surface area contributed by atoms with Gasteiger partial charge in [-0.1, -0.05) is 11.8 Å². The number of phenols is 1. The minimum Gasteiger partial charge on any atom is -0.508 e. The van der Waals surface area contributed by atoms with Crippen LogP contribution in [0.5, 0.6) is 5.75 Å². The number of aliphatic imine (C=N–C) groups is 1. The maximum absolute atomic E-state index is 11.6. The van der Waals surface area contributed by atoms with Gasteiger partial charge in [0.2, 0.25) is 0 Å². The Morgan fingerprint density at radius 1 is 1.42 bits per heavy atom. The van der Waals surface area contributed by atoms with E-state index in [-0.39, 0.29) is 12.2 Å². The zero-order valence-electron chi connectivity index (χ0n) is 10.1. The van der Waals surface area contributed by atoms with Crippen molar-refractivity contribution in [2.24, 2.45) is 4.99 Å². The number of hydrogen-bond acceptors (Lipinski definition) is 5. The Balaban J connectivity index is 2.11. The normalized spacial score (nSPS) is 18.3. The van der Waals surface area contributed by atoms with Crippen molar-refractivity contribution in [3.8, 4) is 5.75 Å². The highest BCUT2D eigenvalue weighted by molar-refractivity contribution is 8.15. The van der Waals surface area contributed by atoms with Crippen LogP contribution < -0.4 is 4.90 Å². The molecule has 1 heterocycles. The number of thioether (sulfide) groups is 1. The molecule has 7 heteroatoms. The number of amides is 1. The van der Waals surface area contributed by atoms with Gasteiger partial charge in [-0.25, -0.2) is 0 Å². The van der Waals surface area contributed by atoms with Crippen molar-refractivity contribution in [3.63, 3.8) is 0 Å². The molecular formula is C12H12N2O4S. The van der Waals surface area contributed by atoms with E-state index in [4.69, 9.17) is 5.11 Å². The Morgan fingerprint density at radius 3 is 2.63 bits per heavy atom. The molecule has 2 rings (SSSR count). The summed E-state index contributed by atoms with van der Waals surface area (Å²) in [6.07, 6.45) is -0.236. The van der Waals surface area contributed by atoms with Gasteiger partial charge >= 0.3 is 5.97 Å². The van der Waals surface area contributed by atoms with Crippen LogP contribution in [0.1, 0.15) is 6.42 Å².